The van der Waals surface area contributed by atoms with Gasteiger partial charge in [0.15, 0.2) is 0 Å². The molecule has 0 radical (unpaired) electrons. The van der Waals surface area contributed by atoms with E-state index >= 15 is 0 Å². The summed E-state index contributed by atoms with van der Waals surface area (Å²) >= 11 is 0. The van der Waals surface area contributed by atoms with Crippen LogP contribution in [0, 0.1) is 20.2 Å². The van der Waals surface area contributed by atoms with Gasteiger partial charge >= 0.3 is 0 Å². The number of nitro benzene ring substituents is 2. The summed E-state index contributed by atoms with van der Waals surface area (Å²) in [5, 5.41) is 24.0. The van der Waals surface area contributed by atoms with Crippen molar-refractivity contribution in [3.8, 4) is 0 Å². The number of nitrogens with one attached hydrogen (secondary N) is 1. The van der Waals surface area contributed by atoms with Crippen LogP contribution >= 0.6 is 0 Å². The Morgan fingerprint density at radius 3 is 2.25 bits per heavy atom. The number of amides is 3. The van der Waals surface area contributed by atoms with Gasteiger partial charge in [-0.3, -0.25) is 39.5 Å². The third-order valence-electron chi connectivity index (χ3n) is 4.07. The zero-order valence-corrected chi connectivity index (χ0v) is 14.2. The largest absolute Gasteiger partial charge is 0.326 e. The summed E-state index contributed by atoms with van der Waals surface area (Å²) in [6, 6.07) is 8.68. The van der Waals surface area contributed by atoms with E-state index in [2.05, 4.69) is 5.32 Å². The molecule has 0 aromatic heterocycles. The Balaban J connectivity index is 1.66. The highest BCUT2D eigenvalue weighted by molar-refractivity contribution is 6.21. The summed E-state index contributed by atoms with van der Waals surface area (Å²) in [6.45, 7) is -0.235. The van der Waals surface area contributed by atoms with Crippen molar-refractivity contribution in [2.45, 2.75) is 6.42 Å². The lowest BCUT2D eigenvalue weighted by Gasteiger charge is -2.13. The maximum absolute atomic E-state index is 12.3. The first-order valence-electron chi connectivity index (χ1n) is 7.97. The van der Waals surface area contributed by atoms with E-state index in [9.17, 15) is 34.6 Å². The molecule has 1 aliphatic heterocycles. The van der Waals surface area contributed by atoms with Crippen molar-refractivity contribution in [1.29, 1.82) is 0 Å². The van der Waals surface area contributed by atoms with Crippen LogP contribution < -0.4 is 5.32 Å². The van der Waals surface area contributed by atoms with Crippen molar-refractivity contribution < 1.29 is 24.2 Å². The minimum absolute atomic E-state index is 0.0368. The molecule has 0 unspecified atom stereocenters. The number of fused-ring (bicyclic) bond motifs is 1. The van der Waals surface area contributed by atoms with Gasteiger partial charge in [0.2, 0.25) is 5.91 Å². The van der Waals surface area contributed by atoms with E-state index < -0.39 is 27.6 Å². The number of carbonyl (C=O) groups is 3. The zero-order valence-electron chi connectivity index (χ0n) is 14.2. The molecule has 0 atom stereocenters. The SMILES string of the molecule is O=C(CCN1C(=O)c2ccc([N+](=O)[O-])cc2C1=O)Nc1cccc([N+](=O)[O-])c1. The number of hydrogen-bond acceptors (Lipinski definition) is 7. The molecular weight excluding hydrogens is 372 g/mol. The van der Waals surface area contributed by atoms with Crippen LogP contribution in [0.5, 0.6) is 0 Å². The minimum Gasteiger partial charge on any atom is -0.326 e. The number of nitro groups is 2. The van der Waals surface area contributed by atoms with Crippen molar-refractivity contribution in [2.75, 3.05) is 11.9 Å². The quantitative estimate of drug-likeness (QED) is 0.455. The van der Waals surface area contributed by atoms with Gasteiger partial charge in [-0.1, -0.05) is 6.07 Å². The standard InChI is InChI=1S/C17H12N4O7/c22-15(18-10-2-1-3-11(8-10)20(25)26)6-7-19-16(23)13-5-4-12(21(27)28)9-14(13)17(19)24/h1-5,8-9H,6-7H2,(H,18,22). The Morgan fingerprint density at radius 1 is 0.929 bits per heavy atom. The van der Waals surface area contributed by atoms with Gasteiger partial charge in [-0.25, -0.2) is 0 Å². The van der Waals surface area contributed by atoms with E-state index in [-0.39, 0.29) is 41.2 Å². The maximum Gasteiger partial charge on any atom is 0.271 e. The molecule has 11 nitrogen and oxygen atoms in total. The number of hydrogen-bond donors (Lipinski definition) is 1. The first kappa shape index (κ1) is 18.6. The number of nitrogens with zero attached hydrogens (tertiary/aromatic N) is 3. The molecule has 3 rings (SSSR count). The average Bonchev–Trinajstić information content (AvgIpc) is 2.90. The number of non-ortho nitro benzene ring substituents is 2. The highest BCUT2D eigenvalue weighted by Crippen LogP contribution is 2.27. The molecule has 1 heterocycles. The summed E-state index contributed by atoms with van der Waals surface area (Å²) in [5.74, 6) is -1.91. The molecule has 11 heteroatoms. The van der Waals surface area contributed by atoms with Gasteiger partial charge in [0.05, 0.1) is 21.0 Å². The zero-order chi connectivity index (χ0) is 20.4. The van der Waals surface area contributed by atoms with Crippen LogP contribution in [0.1, 0.15) is 27.1 Å². The van der Waals surface area contributed by atoms with E-state index in [4.69, 9.17) is 0 Å². The van der Waals surface area contributed by atoms with Crippen LogP contribution in [0.15, 0.2) is 42.5 Å². The molecule has 0 saturated heterocycles. The molecular formula is C17H12N4O7. The summed E-state index contributed by atoms with van der Waals surface area (Å²) in [7, 11) is 0. The van der Waals surface area contributed by atoms with Gasteiger partial charge in [0.1, 0.15) is 0 Å². The lowest BCUT2D eigenvalue weighted by atomic mass is 10.1. The van der Waals surface area contributed by atoms with Gasteiger partial charge < -0.3 is 5.32 Å². The molecule has 0 saturated carbocycles. The molecule has 3 amide bonds. The molecule has 142 valence electrons. The van der Waals surface area contributed by atoms with Crippen molar-refractivity contribution in [3.05, 3.63) is 73.8 Å². The second kappa shape index (κ2) is 7.23. The van der Waals surface area contributed by atoms with Gasteiger partial charge in [-0.2, -0.15) is 0 Å². The number of benzene rings is 2. The van der Waals surface area contributed by atoms with E-state index in [1.54, 1.807) is 0 Å². The molecule has 0 spiro atoms. The van der Waals surface area contributed by atoms with Gasteiger partial charge in [0.25, 0.3) is 23.2 Å². The maximum atomic E-state index is 12.3. The van der Waals surface area contributed by atoms with Gasteiger partial charge in [-0.15, -0.1) is 0 Å². The molecule has 1 N–H and O–H groups in total. The van der Waals surface area contributed by atoms with Crippen LogP contribution in [0.25, 0.3) is 0 Å². The topological polar surface area (TPSA) is 153 Å². The summed E-state index contributed by atoms with van der Waals surface area (Å²) < 4.78 is 0. The van der Waals surface area contributed by atoms with Crippen LogP contribution in [0.3, 0.4) is 0 Å². The molecule has 2 aromatic rings. The highest BCUT2D eigenvalue weighted by Gasteiger charge is 2.36. The normalized spacial score (nSPS) is 12.6. The van der Waals surface area contributed by atoms with Crippen molar-refractivity contribution in [2.24, 2.45) is 0 Å². The van der Waals surface area contributed by atoms with Crippen molar-refractivity contribution >= 4 is 34.8 Å². The number of imide groups is 1. The fraction of sp³-hybridized carbons (Fsp3) is 0.118. The molecule has 28 heavy (non-hydrogen) atoms. The van der Waals surface area contributed by atoms with E-state index in [0.29, 0.717) is 0 Å². The monoisotopic (exact) mass is 384 g/mol. The molecule has 0 aliphatic carbocycles. The fourth-order valence-corrected chi connectivity index (χ4v) is 2.73. The molecule has 0 bridgehead atoms. The minimum atomic E-state index is -0.716. The lowest BCUT2D eigenvalue weighted by molar-refractivity contribution is -0.385. The van der Waals surface area contributed by atoms with Crippen LogP contribution in [0.4, 0.5) is 17.1 Å². The average molecular weight is 384 g/mol. The molecule has 1 aliphatic rings. The number of anilines is 1. The molecule has 0 fully saturated rings. The molecule has 2 aromatic carbocycles. The van der Waals surface area contributed by atoms with Gasteiger partial charge in [0, 0.05) is 42.9 Å². The van der Waals surface area contributed by atoms with Crippen LogP contribution in [-0.4, -0.2) is 39.0 Å². The Labute approximate surface area is 156 Å². The Morgan fingerprint density at radius 2 is 1.57 bits per heavy atom. The Bertz CT molecular complexity index is 1030. The third kappa shape index (κ3) is 3.53. The van der Waals surface area contributed by atoms with Crippen LogP contribution in [0.2, 0.25) is 0 Å². The highest BCUT2D eigenvalue weighted by atomic mass is 16.6. The van der Waals surface area contributed by atoms with Gasteiger partial charge in [-0.05, 0) is 12.1 Å². The summed E-state index contributed by atoms with van der Waals surface area (Å²) in [5.41, 5.74) is -0.352. The summed E-state index contributed by atoms with van der Waals surface area (Å²) in [6.07, 6.45) is -0.240. The first-order chi connectivity index (χ1) is 13.3. The Kier molecular flexibility index (Phi) is 4.81. The fourth-order valence-electron chi connectivity index (χ4n) is 2.73. The predicted molar refractivity (Wildman–Crippen MR) is 94.8 cm³/mol. The predicted octanol–water partition coefficient (Wildman–Crippen LogP) is 2.13. The Hall–Kier alpha value is -4.15. The number of carbonyl (C=O) groups excluding carboxylic acids is 3. The lowest BCUT2D eigenvalue weighted by Crippen LogP contribution is -2.32. The van der Waals surface area contributed by atoms with E-state index in [1.807, 2.05) is 0 Å². The summed E-state index contributed by atoms with van der Waals surface area (Å²) in [4.78, 5) is 57.9. The number of rotatable bonds is 6. The van der Waals surface area contributed by atoms with E-state index in [1.165, 1.54) is 30.3 Å². The van der Waals surface area contributed by atoms with Crippen molar-refractivity contribution in [3.63, 3.8) is 0 Å². The second-order valence-electron chi connectivity index (χ2n) is 5.85. The van der Waals surface area contributed by atoms with E-state index in [0.717, 1.165) is 17.0 Å². The first-order valence-corrected chi connectivity index (χ1v) is 7.97. The third-order valence-corrected chi connectivity index (χ3v) is 4.07. The van der Waals surface area contributed by atoms with Crippen molar-refractivity contribution in [1.82, 2.24) is 4.90 Å². The smallest absolute Gasteiger partial charge is 0.271 e. The second-order valence-corrected chi connectivity index (χ2v) is 5.85. The van der Waals surface area contributed by atoms with Crippen LogP contribution in [-0.2, 0) is 4.79 Å².